The van der Waals surface area contributed by atoms with Crippen molar-refractivity contribution in [3.8, 4) is 0 Å². The number of nitrogens with zero attached hydrogens (tertiary/aromatic N) is 1. The number of rotatable bonds is 5. The highest BCUT2D eigenvalue weighted by Gasteiger charge is 2.18. The van der Waals surface area contributed by atoms with Crippen molar-refractivity contribution in [1.29, 1.82) is 0 Å². The van der Waals surface area contributed by atoms with Crippen molar-refractivity contribution in [1.82, 2.24) is 4.90 Å². The lowest BCUT2D eigenvalue weighted by molar-refractivity contribution is -0.134. The number of hydrogen-bond acceptors (Lipinski definition) is 1. The summed E-state index contributed by atoms with van der Waals surface area (Å²) < 4.78 is 0. The zero-order chi connectivity index (χ0) is 10.4. The lowest BCUT2D eigenvalue weighted by Gasteiger charge is -2.23. The number of amides is 1. The molecule has 0 bridgehead atoms. The molecule has 0 aromatic heterocycles. The summed E-state index contributed by atoms with van der Waals surface area (Å²) in [4.78, 5) is 13.4. The van der Waals surface area contributed by atoms with E-state index in [4.69, 9.17) is 11.6 Å². The minimum absolute atomic E-state index is 0.0308. The van der Waals surface area contributed by atoms with E-state index in [1.54, 1.807) is 4.90 Å². The summed E-state index contributed by atoms with van der Waals surface area (Å²) in [5.41, 5.74) is 0. The summed E-state index contributed by atoms with van der Waals surface area (Å²) in [6.45, 7) is 6.63. The Bertz CT molecular complexity index is 155. The van der Waals surface area contributed by atoms with Crippen molar-refractivity contribution < 1.29 is 4.79 Å². The molecule has 0 radical (unpaired) electrons. The molecule has 0 spiro atoms. The molecule has 2 nitrogen and oxygen atoms in total. The van der Waals surface area contributed by atoms with Crippen LogP contribution in [0.3, 0.4) is 0 Å². The Kier molecular flexibility index (Phi) is 6.13. The Morgan fingerprint density at radius 3 is 2.15 bits per heavy atom. The van der Waals surface area contributed by atoms with Gasteiger partial charge in [0.2, 0.25) is 5.91 Å². The fraction of sp³-hybridized carbons (Fsp3) is 0.900. The predicted octanol–water partition coefficient (Wildman–Crippen LogP) is 2.51. The lowest BCUT2D eigenvalue weighted by atomic mass is 10.0. The van der Waals surface area contributed by atoms with Gasteiger partial charge in [0.25, 0.3) is 0 Å². The van der Waals surface area contributed by atoms with Gasteiger partial charge >= 0.3 is 0 Å². The highest BCUT2D eigenvalue weighted by atomic mass is 35.5. The van der Waals surface area contributed by atoms with Crippen LogP contribution in [0.15, 0.2) is 0 Å². The first-order valence-electron chi connectivity index (χ1n) is 4.91. The van der Waals surface area contributed by atoms with Gasteiger partial charge in [0.1, 0.15) is 0 Å². The van der Waals surface area contributed by atoms with Gasteiger partial charge in [-0.15, -0.1) is 11.6 Å². The molecule has 0 aliphatic rings. The van der Waals surface area contributed by atoms with Crippen molar-refractivity contribution >= 4 is 17.5 Å². The molecule has 1 atom stereocenters. The first-order chi connectivity index (χ1) is 6.02. The van der Waals surface area contributed by atoms with Crippen LogP contribution >= 0.6 is 11.6 Å². The van der Waals surface area contributed by atoms with Gasteiger partial charge in [0, 0.05) is 24.9 Å². The highest BCUT2D eigenvalue weighted by molar-refractivity contribution is 6.20. The molecule has 0 N–H and O–H groups in total. The van der Waals surface area contributed by atoms with E-state index >= 15 is 0 Å². The molecule has 0 heterocycles. The molecule has 0 aromatic rings. The van der Waals surface area contributed by atoms with Gasteiger partial charge in [0.05, 0.1) is 0 Å². The molecule has 3 heteroatoms. The summed E-state index contributed by atoms with van der Waals surface area (Å²) in [5, 5.41) is 0.0308. The number of carbonyl (C=O) groups excluding carboxylic acids is 1. The Morgan fingerprint density at radius 1 is 1.38 bits per heavy atom. The quantitative estimate of drug-likeness (QED) is 0.632. The normalized spacial score (nSPS) is 13.1. The van der Waals surface area contributed by atoms with Crippen LogP contribution in [0, 0.1) is 5.92 Å². The van der Waals surface area contributed by atoms with Gasteiger partial charge in [-0.2, -0.15) is 0 Å². The van der Waals surface area contributed by atoms with E-state index in [9.17, 15) is 4.79 Å². The molecular formula is C10H20ClNO. The van der Waals surface area contributed by atoms with E-state index in [2.05, 4.69) is 0 Å². The molecule has 0 aromatic carbocycles. The first kappa shape index (κ1) is 12.8. The van der Waals surface area contributed by atoms with Crippen molar-refractivity contribution in [3.05, 3.63) is 0 Å². The van der Waals surface area contributed by atoms with E-state index in [-0.39, 0.29) is 17.2 Å². The zero-order valence-corrected chi connectivity index (χ0v) is 9.77. The van der Waals surface area contributed by atoms with Gasteiger partial charge in [0.15, 0.2) is 0 Å². The number of hydrogen-bond donors (Lipinski definition) is 0. The fourth-order valence-electron chi connectivity index (χ4n) is 1.42. The van der Waals surface area contributed by atoms with E-state index in [1.165, 1.54) is 0 Å². The van der Waals surface area contributed by atoms with Crippen LogP contribution in [0.4, 0.5) is 0 Å². The van der Waals surface area contributed by atoms with E-state index < -0.39 is 0 Å². The largest absolute Gasteiger partial charge is 0.344 e. The maximum atomic E-state index is 11.7. The summed E-state index contributed by atoms with van der Waals surface area (Å²) >= 11 is 5.81. The van der Waals surface area contributed by atoms with Crippen LogP contribution in [0.25, 0.3) is 0 Å². The molecule has 0 saturated heterocycles. The summed E-state index contributed by atoms with van der Waals surface area (Å²) in [6, 6.07) is 0. The summed E-state index contributed by atoms with van der Waals surface area (Å²) in [5.74, 6) is 0.387. The molecule has 0 saturated carbocycles. The molecule has 78 valence electrons. The van der Waals surface area contributed by atoms with Gasteiger partial charge in [-0.05, 0) is 19.8 Å². The third kappa shape index (κ3) is 4.51. The lowest BCUT2D eigenvalue weighted by Crippen LogP contribution is -2.35. The van der Waals surface area contributed by atoms with Gasteiger partial charge in [-0.25, -0.2) is 0 Å². The summed E-state index contributed by atoms with van der Waals surface area (Å²) in [6.07, 6.45) is 1.83. The van der Waals surface area contributed by atoms with Crippen LogP contribution in [0.1, 0.15) is 33.6 Å². The third-order valence-electron chi connectivity index (χ3n) is 2.24. The van der Waals surface area contributed by atoms with Gasteiger partial charge in [-0.1, -0.05) is 13.8 Å². The molecule has 1 amide bonds. The predicted molar refractivity (Wildman–Crippen MR) is 57.0 cm³/mol. The van der Waals surface area contributed by atoms with Crippen molar-refractivity contribution in [3.63, 3.8) is 0 Å². The molecule has 0 aliphatic heterocycles. The molecule has 0 rings (SSSR count). The number of alkyl halides is 1. The number of carbonyl (C=O) groups is 1. The zero-order valence-electron chi connectivity index (χ0n) is 9.01. The fourth-order valence-corrected chi connectivity index (χ4v) is 1.62. The molecule has 13 heavy (non-hydrogen) atoms. The molecule has 0 aliphatic carbocycles. The maximum absolute atomic E-state index is 11.7. The van der Waals surface area contributed by atoms with Crippen molar-refractivity contribution in [2.75, 3.05) is 13.6 Å². The minimum Gasteiger partial charge on any atom is -0.344 e. The standard InChI is InChI=1S/C10H20ClNO/c1-5-9(6-2)10(13)12(4)7-8(3)11/h8-9H,5-7H2,1-4H3. The first-order valence-corrected chi connectivity index (χ1v) is 5.35. The molecule has 1 unspecified atom stereocenters. The second kappa shape index (κ2) is 6.25. The van der Waals surface area contributed by atoms with Gasteiger partial charge in [-0.3, -0.25) is 4.79 Å². The van der Waals surface area contributed by atoms with E-state index in [0.29, 0.717) is 6.54 Å². The Morgan fingerprint density at radius 2 is 1.85 bits per heavy atom. The van der Waals surface area contributed by atoms with Crippen LogP contribution in [0.5, 0.6) is 0 Å². The molecular weight excluding hydrogens is 186 g/mol. The SMILES string of the molecule is CCC(CC)C(=O)N(C)CC(C)Cl. The number of halogens is 1. The van der Waals surface area contributed by atoms with E-state index in [1.807, 2.05) is 27.8 Å². The van der Waals surface area contributed by atoms with Crippen LogP contribution in [-0.2, 0) is 4.79 Å². The summed E-state index contributed by atoms with van der Waals surface area (Å²) in [7, 11) is 1.82. The second-order valence-corrected chi connectivity index (χ2v) is 4.26. The van der Waals surface area contributed by atoms with Crippen LogP contribution < -0.4 is 0 Å². The van der Waals surface area contributed by atoms with E-state index in [0.717, 1.165) is 12.8 Å². The average Bonchev–Trinajstić information content (AvgIpc) is 2.05. The van der Waals surface area contributed by atoms with Crippen molar-refractivity contribution in [2.45, 2.75) is 39.0 Å². The average molecular weight is 206 g/mol. The Labute approximate surface area is 86.2 Å². The topological polar surface area (TPSA) is 20.3 Å². The maximum Gasteiger partial charge on any atom is 0.225 e. The monoisotopic (exact) mass is 205 g/mol. The minimum atomic E-state index is 0.0308. The smallest absolute Gasteiger partial charge is 0.225 e. The Balaban J connectivity index is 4.07. The second-order valence-electron chi connectivity index (χ2n) is 3.51. The Hall–Kier alpha value is -0.240. The van der Waals surface area contributed by atoms with Gasteiger partial charge < -0.3 is 4.90 Å². The third-order valence-corrected chi connectivity index (χ3v) is 2.37. The van der Waals surface area contributed by atoms with Crippen molar-refractivity contribution in [2.24, 2.45) is 5.92 Å². The molecule has 0 fully saturated rings. The van der Waals surface area contributed by atoms with Crippen LogP contribution in [-0.4, -0.2) is 29.8 Å². The highest BCUT2D eigenvalue weighted by Crippen LogP contribution is 2.11. The van der Waals surface area contributed by atoms with Crippen LogP contribution in [0.2, 0.25) is 0 Å².